The van der Waals surface area contributed by atoms with E-state index in [1.165, 1.54) is 0 Å². The summed E-state index contributed by atoms with van der Waals surface area (Å²) in [4.78, 5) is 1.11. The number of thiophene rings is 1. The van der Waals surface area contributed by atoms with E-state index in [0.29, 0.717) is 0 Å². The third-order valence-corrected chi connectivity index (χ3v) is 4.82. The second-order valence-electron chi connectivity index (χ2n) is 3.84. The van der Waals surface area contributed by atoms with Crippen LogP contribution in [0, 0.1) is 6.92 Å². The van der Waals surface area contributed by atoms with E-state index >= 15 is 0 Å². The third-order valence-electron chi connectivity index (χ3n) is 2.69. The van der Waals surface area contributed by atoms with Crippen LogP contribution in [-0.2, 0) is 0 Å². The molecule has 0 aliphatic carbocycles. The molecule has 2 aromatic rings. The van der Waals surface area contributed by atoms with Crippen LogP contribution in [0.4, 0.5) is 0 Å². The summed E-state index contributed by atoms with van der Waals surface area (Å²) in [6.45, 7) is 2.02. The third kappa shape index (κ3) is 2.50. The Morgan fingerprint density at radius 1 is 1.24 bits per heavy atom. The largest absolute Gasteiger partial charge is 0.309 e. The van der Waals surface area contributed by atoms with Crippen molar-refractivity contribution in [1.29, 1.82) is 0 Å². The molecule has 0 amide bonds. The first-order chi connectivity index (χ1) is 8.15. The van der Waals surface area contributed by atoms with Crippen molar-refractivity contribution in [2.24, 2.45) is 0 Å². The molecule has 17 heavy (non-hydrogen) atoms. The van der Waals surface area contributed by atoms with Gasteiger partial charge in [-0.25, -0.2) is 0 Å². The van der Waals surface area contributed by atoms with Gasteiger partial charge < -0.3 is 5.32 Å². The van der Waals surface area contributed by atoms with Crippen molar-refractivity contribution in [3.63, 3.8) is 0 Å². The molecule has 1 nitrogen and oxygen atoms in total. The average Bonchev–Trinajstić information content (AvgIpc) is 2.65. The maximum atomic E-state index is 6.31. The minimum absolute atomic E-state index is 0.0508. The van der Waals surface area contributed by atoms with Gasteiger partial charge in [0, 0.05) is 9.90 Å². The topological polar surface area (TPSA) is 12.0 Å². The van der Waals surface area contributed by atoms with Gasteiger partial charge in [0.15, 0.2) is 0 Å². The van der Waals surface area contributed by atoms with Gasteiger partial charge in [0.2, 0.25) is 0 Å². The van der Waals surface area contributed by atoms with E-state index in [4.69, 9.17) is 23.2 Å². The lowest BCUT2D eigenvalue weighted by Gasteiger charge is -2.17. The van der Waals surface area contributed by atoms with Gasteiger partial charge in [0.25, 0.3) is 0 Å². The van der Waals surface area contributed by atoms with Crippen LogP contribution in [-0.4, -0.2) is 7.05 Å². The number of aryl methyl sites for hydroxylation is 1. The molecule has 1 heterocycles. The van der Waals surface area contributed by atoms with Gasteiger partial charge in [-0.05, 0) is 36.5 Å². The summed E-state index contributed by atoms with van der Waals surface area (Å²) >= 11 is 14.2. The zero-order chi connectivity index (χ0) is 12.4. The summed E-state index contributed by atoms with van der Waals surface area (Å²) in [5, 5.41) is 6.93. The first kappa shape index (κ1) is 12.9. The maximum absolute atomic E-state index is 6.31. The fourth-order valence-corrected chi connectivity index (χ4v) is 3.46. The Hall–Kier alpha value is -0.540. The number of halogens is 2. The fraction of sp³-hybridized carbons (Fsp3) is 0.231. The minimum atomic E-state index is 0.0508. The SMILES string of the molecule is CNC(c1ccccc1Cl)c1scc(C)c1Cl. The standard InChI is InChI=1S/C13H13Cl2NS/c1-8-7-17-13(11(8)15)12(16-2)9-5-3-4-6-10(9)14/h3-7,12,16H,1-2H3. The minimum Gasteiger partial charge on any atom is -0.309 e. The van der Waals surface area contributed by atoms with Crippen LogP contribution in [0.2, 0.25) is 10.0 Å². The molecule has 1 unspecified atom stereocenters. The Bertz CT molecular complexity index is 522. The van der Waals surface area contributed by atoms with E-state index in [2.05, 4.69) is 10.7 Å². The molecule has 1 atom stereocenters. The molecule has 1 N–H and O–H groups in total. The lowest BCUT2D eigenvalue weighted by atomic mass is 10.1. The summed E-state index contributed by atoms with van der Waals surface area (Å²) in [5.41, 5.74) is 2.17. The molecular formula is C13H13Cl2NS. The maximum Gasteiger partial charge on any atom is 0.0698 e. The molecule has 4 heteroatoms. The van der Waals surface area contributed by atoms with E-state index in [-0.39, 0.29) is 6.04 Å². The number of nitrogens with one attached hydrogen (secondary N) is 1. The zero-order valence-electron chi connectivity index (χ0n) is 9.63. The lowest BCUT2D eigenvalue weighted by Crippen LogP contribution is -2.17. The Labute approximate surface area is 115 Å². The molecule has 1 aromatic carbocycles. The molecule has 0 saturated carbocycles. The molecule has 0 spiro atoms. The summed E-state index contributed by atoms with van der Waals surface area (Å²) < 4.78 is 0. The van der Waals surface area contributed by atoms with Crippen molar-refractivity contribution >= 4 is 34.5 Å². The van der Waals surface area contributed by atoms with Gasteiger partial charge in [0.1, 0.15) is 0 Å². The van der Waals surface area contributed by atoms with Gasteiger partial charge in [-0.3, -0.25) is 0 Å². The first-order valence-corrected chi connectivity index (χ1v) is 6.94. The van der Waals surface area contributed by atoms with Crippen LogP contribution >= 0.6 is 34.5 Å². The van der Waals surface area contributed by atoms with E-state index in [1.807, 2.05) is 38.2 Å². The monoisotopic (exact) mass is 285 g/mol. The highest BCUT2D eigenvalue weighted by molar-refractivity contribution is 7.10. The predicted octanol–water partition coefficient (Wildman–Crippen LogP) is 4.67. The van der Waals surface area contributed by atoms with Gasteiger partial charge >= 0.3 is 0 Å². The average molecular weight is 286 g/mol. The van der Waals surface area contributed by atoms with Crippen molar-refractivity contribution in [2.45, 2.75) is 13.0 Å². The summed E-state index contributed by atoms with van der Waals surface area (Å²) in [6.07, 6.45) is 0. The molecule has 0 fully saturated rings. The Morgan fingerprint density at radius 2 is 1.94 bits per heavy atom. The molecule has 0 aliphatic heterocycles. The van der Waals surface area contributed by atoms with Crippen molar-refractivity contribution in [3.05, 3.63) is 55.7 Å². The zero-order valence-corrected chi connectivity index (χ0v) is 12.0. The van der Waals surface area contributed by atoms with Crippen LogP contribution < -0.4 is 5.32 Å². The van der Waals surface area contributed by atoms with Crippen LogP contribution in [0.1, 0.15) is 22.0 Å². The summed E-state index contributed by atoms with van der Waals surface area (Å²) in [6, 6.07) is 7.89. The molecule has 90 valence electrons. The Balaban J connectivity index is 2.48. The van der Waals surface area contributed by atoms with E-state index in [9.17, 15) is 0 Å². The van der Waals surface area contributed by atoms with Gasteiger partial charge in [0.05, 0.1) is 11.1 Å². The molecule has 0 saturated heterocycles. The highest BCUT2D eigenvalue weighted by Gasteiger charge is 2.20. The number of benzene rings is 1. The lowest BCUT2D eigenvalue weighted by molar-refractivity contribution is 0.704. The quantitative estimate of drug-likeness (QED) is 0.864. The number of hydrogen-bond donors (Lipinski definition) is 1. The highest BCUT2D eigenvalue weighted by atomic mass is 35.5. The van der Waals surface area contributed by atoms with Crippen molar-refractivity contribution in [1.82, 2.24) is 5.32 Å². The van der Waals surface area contributed by atoms with Gasteiger partial charge in [-0.1, -0.05) is 41.4 Å². The second kappa shape index (κ2) is 5.40. The van der Waals surface area contributed by atoms with Crippen LogP contribution in [0.3, 0.4) is 0 Å². The molecular weight excluding hydrogens is 273 g/mol. The van der Waals surface area contributed by atoms with E-state index in [0.717, 1.165) is 26.0 Å². The van der Waals surface area contributed by atoms with E-state index < -0.39 is 0 Å². The van der Waals surface area contributed by atoms with Crippen molar-refractivity contribution < 1.29 is 0 Å². The molecule has 0 radical (unpaired) electrons. The Morgan fingerprint density at radius 3 is 2.47 bits per heavy atom. The molecule has 0 aliphatic rings. The normalized spacial score (nSPS) is 12.7. The fourth-order valence-electron chi connectivity index (χ4n) is 1.78. The van der Waals surface area contributed by atoms with Crippen LogP contribution in [0.5, 0.6) is 0 Å². The predicted molar refractivity (Wildman–Crippen MR) is 76.4 cm³/mol. The van der Waals surface area contributed by atoms with Gasteiger partial charge in [-0.15, -0.1) is 11.3 Å². The smallest absolute Gasteiger partial charge is 0.0698 e. The molecule has 0 bridgehead atoms. The molecule has 2 rings (SSSR count). The number of hydrogen-bond acceptors (Lipinski definition) is 2. The van der Waals surface area contributed by atoms with Crippen molar-refractivity contribution in [2.75, 3.05) is 7.05 Å². The van der Waals surface area contributed by atoms with Crippen LogP contribution in [0.25, 0.3) is 0 Å². The van der Waals surface area contributed by atoms with Crippen LogP contribution in [0.15, 0.2) is 29.6 Å². The second-order valence-corrected chi connectivity index (χ2v) is 5.54. The number of rotatable bonds is 3. The van der Waals surface area contributed by atoms with Crippen molar-refractivity contribution in [3.8, 4) is 0 Å². The summed E-state index contributed by atoms with van der Waals surface area (Å²) in [5.74, 6) is 0. The first-order valence-electron chi connectivity index (χ1n) is 5.30. The van der Waals surface area contributed by atoms with E-state index in [1.54, 1.807) is 11.3 Å². The Kier molecular flexibility index (Phi) is 4.10. The highest BCUT2D eigenvalue weighted by Crippen LogP contribution is 2.37. The summed E-state index contributed by atoms with van der Waals surface area (Å²) in [7, 11) is 1.92. The van der Waals surface area contributed by atoms with Gasteiger partial charge in [-0.2, -0.15) is 0 Å². The molecule has 1 aromatic heterocycles.